The van der Waals surface area contributed by atoms with Crippen molar-refractivity contribution in [2.24, 2.45) is 0 Å². The minimum absolute atomic E-state index is 0.0790. The molecule has 32 heavy (non-hydrogen) atoms. The van der Waals surface area contributed by atoms with Gasteiger partial charge in [-0.2, -0.15) is 8.42 Å². The molecule has 0 aliphatic carbocycles. The number of benzene rings is 1. The Labute approximate surface area is 192 Å². The molecular formula is C20H36O9P2S. The normalized spacial score (nSPS) is 13.1. The molecule has 0 fully saturated rings. The molecule has 0 radical (unpaired) electrons. The fourth-order valence-corrected chi connectivity index (χ4v) is 9.40. The molecule has 186 valence electrons. The fraction of sp³-hybridized carbons (Fsp3) is 0.700. The SMILES string of the molecule is CCOP(=O)(OCC)C(CCCCOS(=O)(=O)c1ccc(C)cc1)P(=O)(OCC)OCC. The molecular weight excluding hydrogens is 478 g/mol. The van der Waals surface area contributed by atoms with Crippen molar-refractivity contribution in [3.8, 4) is 0 Å². The lowest BCUT2D eigenvalue weighted by Gasteiger charge is -2.31. The molecule has 0 N–H and O–H groups in total. The van der Waals surface area contributed by atoms with Gasteiger partial charge in [-0.15, -0.1) is 0 Å². The number of aryl methyl sites for hydroxylation is 1. The molecule has 0 heterocycles. The Morgan fingerprint density at radius 2 is 1.22 bits per heavy atom. The zero-order valence-corrected chi connectivity index (χ0v) is 22.1. The van der Waals surface area contributed by atoms with Crippen LogP contribution in [0.15, 0.2) is 29.2 Å². The van der Waals surface area contributed by atoms with E-state index in [2.05, 4.69) is 0 Å². The van der Waals surface area contributed by atoms with Gasteiger partial charge in [-0.25, -0.2) is 0 Å². The molecule has 0 saturated carbocycles. The molecule has 0 aliphatic heterocycles. The van der Waals surface area contributed by atoms with Crippen LogP contribution < -0.4 is 0 Å². The fourth-order valence-electron chi connectivity index (χ4n) is 3.00. The Hall–Kier alpha value is -0.570. The highest BCUT2D eigenvalue weighted by atomic mass is 32.2. The first-order valence-electron chi connectivity index (χ1n) is 10.8. The molecule has 9 nitrogen and oxygen atoms in total. The Kier molecular flexibility index (Phi) is 12.9. The van der Waals surface area contributed by atoms with Gasteiger partial charge in [0.25, 0.3) is 10.1 Å². The minimum atomic E-state index is -3.88. The van der Waals surface area contributed by atoms with Gasteiger partial charge < -0.3 is 18.1 Å². The molecule has 0 atom stereocenters. The van der Waals surface area contributed by atoms with E-state index in [0.29, 0.717) is 12.8 Å². The molecule has 1 aromatic rings. The maximum atomic E-state index is 13.4. The lowest BCUT2D eigenvalue weighted by atomic mass is 10.2. The van der Waals surface area contributed by atoms with Crippen LogP contribution in [0.5, 0.6) is 0 Å². The summed E-state index contributed by atoms with van der Waals surface area (Å²) in [6, 6.07) is 6.36. The summed E-state index contributed by atoms with van der Waals surface area (Å²) in [6.45, 7) is 8.85. The quantitative estimate of drug-likeness (QED) is 0.146. The van der Waals surface area contributed by atoms with Gasteiger partial charge in [-0.1, -0.05) is 17.7 Å². The monoisotopic (exact) mass is 514 g/mol. The van der Waals surface area contributed by atoms with Gasteiger partial charge in [0.2, 0.25) is 0 Å². The first-order valence-corrected chi connectivity index (χ1v) is 15.4. The van der Waals surface area contributed by atoms with Gasteiger partial charge in [-0.05, 0) is 66.0 Å². The predicted octanol–water partition coefficient (Wildman–Crippen LogP) is 5.73. The van der Waals surface area contributed by atoms with Crippen molar-refractivity contribution in [2.75, 3.05) is 33.0 Å². The van der Waals surface area contributed by atoms with Crippen molar-refractivity contribution < 1.29 is 39.8 Å². The smallest absolute Gasteiger partial charge is 0.308 e. The molecule has 1 aromatic carbocycles. The van der Waals surface area contributed by atoms with E-state index >= 15 is 0 Å². The summed E-state index contributed by atoms with van der Waals surface area (Å²) in [5, 5.41) is -1.12. The summed E-state index contributed by atoms with van der Waals surface area (Å²) < 4.78 is 78.3. The van der Waals surface area contributed by atoms with E-state index in [0.717, 1.165) is 5.56 Å². The predicted molar refractivity (Wildman–Crippen MR) is 124 cm³/mol. The molecule has 0 aromatic heterocycles. The summed E-state index contributed by atoms with van der Waals surface area (Å²) in [7, 11) is -11.5. The van der Waals surface area contributed by atoms with Gasteiger partial charge >= 0.3 is 15.2 Å². The number of rotatable bonds is 17. The molecule has 0 spiro atoms. The van der Waals surface area contributed by atoms with Gasteiger partial charge in [-0.3, -0.25) is 13.3 Å². The number of hydrogen-bond donors (Lipinski definition) is 0. The van der Waals surface area contributed by atoms with E-state index < -0.39 is 30.7 Å². The summed E-state index contributed by atoms with van der Waals surface area (Å²) in [5.74, 6) is 0. The average Bonchev–Trinajstić information content (AvgIpc) is 2.71. The van der Waals surface area contributed by atoms with Crippen LogP contribution in [0.2, 0.25) is 0 Å². The van der Waals surface area contributed by atoms with Crippen LogP contribution in [0.4, 0.5) is 0 Å². The third-order valence-corrected chi connectivity index (χ3v) is 11.8. The highest BCUT2D eigenvalue weighted by Crippen LogP contribution is 2.71. The average molecular weight is 515 g/mol. The van der Waals surface area contributed by atoms with Crippen molar-refractivity contribution in [3.05, 3.63) is 29.8 Å². The highest BCUT2D eigenvalue weighted by molar-refractivity contribution is 7.86. The molecule has 1 rings (SSSR count). The van der Waals surface area contributed by atoms with E-state index in [1.807, 2.05) is 6.92 Å². The van der Waals surface area contributed by atoms with Crippen molar-refractivity contribution in [1.29, 1.82) is 0 Å². The third-order valence-electron chi connectivity index (χ3n) is 4.37. The van der Waals surface area contributed by atoms with Crippen LogP contribution in [-0.4, -0.2) is 46.9 Å². The third kappa shape index (κ3) is 8.65. The van der Waals surface area contributed by atoms with Gasteiger partial charge in [0.05, 0.1) is 37.9 Å². The van der Waals surface area contributed by atoms with Crippen LogP contribution in [0, 0.1) is 6.92 Å². The Balaban J connectivity index is 2.88. The molecule has 12 heteroatoms. The van der Waals surface area contributed by atoms with E-state index in [1.54, 1.807) is 39.8 Å². The minimum Gasteiger partial charge on any atom is -0.308 e. The lowest BCUT2D eigenvalue weighted by molar-refractivity contribution is 0.192. The summed E-state index contributed by atoms with van der Waals surface area (Å²) >= 11 is 0. The maximum absolute atomic E-state index is 13.4. The van der Waals surface area contributed by atoms with Crippen molar-refractivity contribution in [2.45, 2.75) is 64.2 Å². The first kappa shape index (κ1) is 29.5. The van der Waals surface area contributed by atoms with Gasteiger partial charge in [0.15, 0.2) is 5.40 Å². The second-order valence-electron chi connectivity index (χ2n) is 6.82. The Morgan fingerprint density at radius 1 is 0.781 bits per heavy atom. The molecule has 0 amide bonds. The van der Waals surface area contributed by atoms with Crippen LogP contribution >= 0.6 is 15.2 Å². The maximum Gasteiger partial charge on any atom is 0.345 e. The zero-order chi connectivity index (χ0) is 24.3. The lowest BCUT2D eigenvalue weighted by Crippen LogP contribution is -2.18. The van der Waals surface area contributed by atoms with Gasteiger partial charge in [0.1, 0.15) is 0 Å². The number of unbranched alkanes of at least 4 members (excludes halogenated alkanes) is 1. The standard InChI is InChI=1S/C20H36O9P2S/c1-6-25-30(21,26-7-2)20(31(22,27-8-3)28-9-4)12-10-11-17-29-32(23,24)19-15-13-18(5)14-16-19/h13-16,20H,6-12,17H2,1-5H3. The highest BCUT2D eigenvalue weighted by Gasteiger charge is 2.50. The summed E-state index contributed by atoms with van der Waals surface area (Å²) in [6.07, 6.45) is 0.795. The second kappa shape index (κ2) is 14.0. The first-order chi connectivity index (χ1) is 15.1. The van der Waals surface area contributed by atoms with E-state index in [4.69, 9.17) is 22.3 Å². The van der Waals surface area contributed by atoms with Crippen LogP contribution in [-0.2, 0) is 41.5 Å². The largest absolute Gasteiger partial charge is 0.345 e. The van der Waals surface area contributed by atoms with Crippen molar-refractivity contribution in [1.82, 2.24) is 0 Å². The second-order valence-corrected chi connectivity index (χ2v) is 13.3. The summed E-state index contributed by atoms with van der Waals surface area (Å²) in [4.78, 5) is 0.0790. The molecule has 0 unspecified atom stereocenters. The topological polar surface area (TPSA) is 114 Å². The van der Waals surface area contributed by atoms with Crippen LogP contribution in [0.3, 0.4) is 0 Å². The van der Waals surface area contributed by atoms with Gasteiger partial charge in [0, 0.05) is 0 Å². The van der Waals surface area contributed by atoms with E-state index in [1.165, 1.54) is 12.1 Å². The molecule has 0 aliphatic rings. The Morgan fingerprint density at radius 3 is 1.62 bits per heavy atom. The molecule has 0 saturated heterocycles. The summed E-state index contributed by atoms with van der Waals surface area (Å²) in [5.41, 5.74) is 0.941. The van der Waals surface area contributed by atoms with Crippen LogP contribution in [0.1, 0.15) is 52.5 Å². The van der Waals surface area contributed by atoms with Crippen molar-refractivity contribution >= 4 is 25.3 Å². The van der Waals surface area contributed by atoms with E-state index in [9.17, 15) is 17.5 Å². The molecule has 0 bridgehead atoms. The number of hydrogen-bond acceptors (Lipinski definition) is 9. The Bertz CT molecular complexity index is 822. The zero-order valence-electron chi connectivity index (χ0n) is 19.5. The van der Waals surface area contributed by atoms with Crippen LogP contribution in [0.25, 0.3) is 0 Å². The van der Waals surface area contributed by atoms with Crippen molar-refractivity contribution in [3.63, 3.8) is 0 Å². The van der Waals surface area contributed by atoms with E-state index in [-0.39, 0.29) is 44.4 Å².